The van der Waals surface area contributed by atoms with Gasteiger partial charge in [-0.15, -0.1) is 0 Å². The number of amides is 1. The summed E-state index contributed by atoms with van der Waals surface area (Å²) in [5.74, 6) is 0. The second-order valence-electron chi connectivity index (χ2n) is 3.49. The molecule has 0 aromatic rings. The van der Waals surface area contributed by atoms with Crippen LogP contribution in [-0.4, -0.2) is 40.2 Å². The molecule has 0 saturated carbocycles. The third-order valence-electron chi connectivity index (χ3n) is 2.11. The lowest BCUT2D eigenvalue weighted by Gasteiger charge is -2.23. The van der Waals surface area contributed by atoms with Gasteiger partial charge in [0.2, 0.25) is 0 Å². The topological polar surface area (TPSA) is 96.5 Å². The van der Waals surface area contributed by atoms with Crippen molar-refractivity contribution in [2.24, 2.45) is 0 Å². The van der Waals surface area contributed by atoms with Crippen LogP contribution in [0.5, 0.6) is 0 Å². The second kappa shape index (κ2) is 6.02. The SMILES string of the molecule is CCOC(=O)NS(=O)(=O)N[C@@H]1CCCNC1. The number of carbonyl (C=O) groups excluding carboxylic acids is 1. The Hall–Kier alpha value is -0.860. The molecule has 0 aliphatic carbocycles. The predicted octanol–water partition coefficient (Wildman–Crippen LogP) is -0.681. The molecule has 0 aromatic heterocycles. The van der Waals surface area contributed by atoms with Crippen LogP contribution in [0.3, 0.4) is 0 Å². The molecule has 0 radical (unpaired) electrons. The number of rotatable bonds is 4. The van der Waals surface area contributed by atoms with Crippen LogP contribution in [0.25, 0.3) is 0 Å². The lowest BCUT2D eigenvalue weighted by molar-refractivity contribution is 0.158. The molecule has 16 heavy (non-hydrogen) atoms. The zero-order chi connectivity index (χ0) is 12.0. The van der Waals surface area contributed by atoms with Gasteiger partial charge in [0, 0.05) is 12.6 Å². The highest BCUT2D eigenvalue weighted by atomic mass is 32.2. The van der Waals surface area contributed by atoms with Crippen LogP contribution in [-0.2, 0) is 14.9 Å². The van der Waals surface area contributed by atoms with Gasteiger partial charge in [0.15, 0.2) is 0 Å². The lowest BCUT2D eigenvalue weighted by atomic mass is 10.1. The minimum Gasteiger partial charge on any atom is -0.449 e. The summed E-state index contributed by atoms with van der Waals surface area (Å²) in [4.78, 5) is 10.9. The van der Waals surface area contributed by atoms with Crippen molar-refractivity contribution >= 4 is 16.3 Å². The summed E-state index contributed by atoms with van der Waals surface area (Å²) in [5.41, 5.74) is 0. The van der Waals surface area contributed by atoms with Gasteiger partial charge in [-0.2, -0.15) is 13.1 Å². The highest BCUT2D eigenvalue weighted by molar-refractivity contribution is 7.88. The van der Waals surface area contributed by atoms with Gasteiger partial charge in [-0.25, -0.2) is 9.52 Å². The Balaban J connectivity index is 2.41. The minimum atomic E-state index is -3.82. The van der Waals surface area contributed by atoms with Gasteiger partial charge >= 0.3 is 16.3 Å². The first kappa shape index (κ1) is 13.2. The van der Waals surface area contributed by atoms with Gasteiger partial charge in [0.25, 0.3) is 0 Å². The molecule has 0 spiro atoms. The maximum Gasteiger partial charge on any atom is 0.421 e. The summed E-state index contributed by atoms with van der Waals surface area (Å²) in [6.45, 7) is 3.20. The number of piperidine rings is 1. The van der Waals surface area contributed by atoms with E-state index in [0.717, 1.165) is 19.4 Å². The first-order valence-electron chi connectivity index (χ1n) is 5.21. The maximum absolute atomic E-state index is 11.4. The summed E-state index contributed by atoms with van der Waals surface area (Å²) >= 11 is 0. The molecular weight excluding hydrogens is 234 g/mol. The highest BCUT2D eigenvalue weighted by Gasteiger charge is 2.21. The average Bonchev–Trinajstić information content (AvgIpc) is 2.17. The maximum atomic E-state index is 11.4. The molecule has 0 unspecified atom stereocenters. The molecule has 1 aliphatic rings. The summed E-state index contributed by atoms with van der Waals surface area (Å²) in [5, 5.41) is 3.06. The molecule has 0 aromatic carbocycles. The molecular formula is C8H17N3O4S. The molecule has 1 heterocycles. The molecule has 1 aliphatic heterocycles. The van der Waals surface area contributed by atoms with Gasteiger partial charge in [-0.3, -0.25) is 0 Å². The molecule has 1 saturated heterocycles. The van der Waals surface area contributed by atoms with E-state index in [1.54, 1.807) is 11.6 Å². The fourth-order valence-corrected chi connectivity index (χ4v) is 2.45. The highest BCUT2D eigenvalue weighted by Crippen LogP contribution is 2.02. The van der Waals surface area contributed by atoms with E-state index in [0.29, 0.717) is 6.54 Å². The van der Waals surface area contributed by atoms with E-state index in [1.807, 2.05) is 0 Å². The quantitative estimate of drug-likeness (QED) is 0.615. The van der Waals surface area contributed by atoms with Gasteiger partial charge in [-0.05, 0) is 26.3 Å². The van der Waals surface area contributed by atoms with E-state index in [4.69, 9.17) is 0 Å². The standard InChI is InChI=1S/C8H17N3O4S/c1-2-15-8(12)11-16(13,14)10-7-4-3-5-9-6-7/h7,9-10H,2-6H2,1H3,(H,11,12)/t7-/m1/s1. The molecule has 0 bridgehead atoms. The molecule has 1 rings (SSSR count). The van der Waals surface area contributed by atoms with Crippen LogP contribution in [0.4, 0.5) is 4.79 Å². The van der Waals surface area contributed by atoms with Crippen LogP contribution in [0.1, 0.15) is 19.8 Å². The Morgan fingerprint density at radius 1 is 1.56 bits per heavy atom. The summed E-state index contributed by atoms with van der Waals surface area (Å²) in [6.07, 6.45) is 0.710. The third kappa shape index (κ3) is 4.77. The Kier molecular flexibility index (Phi) is 4.97. The van der Waals surface area contributed by atoms with Crippen molar-refractivity contribution in [1.29, 1.82) is 0 Å². The number of carbonyl (C=O) groups is 1. The van der Waals surface area contributed by atoms with Crippen molar-refractivity contribution in [3.8, 4) is 0 Å². The lowest BCUT2D eigenvalue weighted by Crippen LogP contribution is -2.50. The Labute approximate surface area is 95.1 Å². The van der Waals surface area contributed by atoms with E-state index in [2.05, 4.69) is 14.8 Å². The zero-order valence-corrected chi connectivity index (χ0v) is 9.97. The normalized spacial score (nSPS) is 21.4. The molecule has 7 nitrogen and oxygen atoms in total. The first-order chi connectivity index (χ1) is 7.53. The van der Waals surface area contributed by atoms with Crippen molar-refractivity contribution in [3.05, 3.63) is 0 Å². The molecule has 1 amide bonds. The molecule has 1 fully saturated rings. The van der Waals surface area contributed by atoms with Gasteiger partial charge in [-0.1, -0.05) is 0 Å². The third-order valence-corrected chi connectivity index (χ3v) is 3.19. The summed E-state index contributed by atoms with van der Waals surface area (Å²) < 4.78 is 31.5. The first-order valence-corrected chi connectivity index (χ1v) is 6.69. The largest absolute Gasteiger partial charge is 0.449 e. The number of hydrogen-bond acceptors (Lipinski definition) is 5. The number of hydrogen-bond donors (Lipinski definition) is 3. The monoisotopic (exact) mass is 251 g/mol. The second-order valence-corrected chi connectivity index (χ2v) is 4.93. The number of nitrogens with one attached hydrogen (secondary N) is 3. The summed E-state index contributed by atoms with van der Waals surface area (Å²) in [6, 6.07) is -0.180. The van der Waals surface area contributed by atoms with Crippen LogP contribution < -0.4 is 14.8 Å². The molecule has 8 heteroatoms. The van der Waals surface area contributed by atoms with E-state index in [9.17, 15) is 13.2 Å². The van der Waals surface area contributed by atoms with Gasteiger partial charge < -0.3 is 10.1 Å². The van der Waals surface area contributed by atoms with Crippen molar-refractivity contribution in [1.82, 2.24) is 14.8 Å². The molecule has 94 valence electrons. The molecule has 3 N–H and O–H groups in total. The van der Waals surface area contributed by atoms with Crippen LogP contribution in [0.15, 0.2) is 0 Å². The zero-order valence-electron chi connectivity index (χ0n) is 9.15. The Bertz CT molecular complexity index is 324. The fraction of sp³-hybridized carbons (Fsp3) is 0.875. The van der Waals surface area contributed by atoms with Crippen LogP contribution >= 0.6 is 0 Å². The average molecular weight is 251 g/mol. The van der Waals surface area contributed by atoms with E-state index >= 15 is 0 Å². The van der Waals surface area contributed by atoms with Gasteiger partial charge in [0.1, 0.15) is 0 Å². The van der Waals surface area contributed by atoms with E-state index in [1.165, 1.54) is 0 Å². The van der Waals surface area contributed by atoms with Crippen molar-refractivity contribution in [2.75, 3.05) is 19.7 Å². The van der Waals surface area contributed by atoms with Crippen molar-refractivity contribution in [2.45, 2.75) is 25.8 Å². The van der Waals surface area contributed by atoms with E-state index in [-0.39, 0.29) is 12.6 Å². The van der Waals surface area contributed by atoms with Crippen molar-refractivity contribution in [3.63, 3.8) is 0 Å². The van der Waals surface area contributed by atoms with Crippen molar-refractivity contribution < 1.29 is 17.9 Å². The Morgan fingerprint density at radius 2 is 2.31 bits per heavy atom. The van der Waals surface area contributed by atoms with Crippen LogP contribution in [0.2, 0.25) is 0 Å². The Morgan fingerprint density at radius 3 is 2.88 bits per heavy atom. The number of ether oxygens (including phenoxy) is 1. The van der Waals surface area contributed by atoms with Gasteiger partial charge in [0.05, 0.1) is 6.61 Å². The minimum absolute atomic E-state index is 0.131. The molecule has 1 atom stereocenters. The van der Waals surface area contributed by atoms with E-state index < -0.39 is 16.3 Å². The predicted molar refractivity (Wildman–Crippen MR) is 58.1 cm³/mol. The smallest absolute Gasteiger partial charge is 0.421 e. The fourth-order valence-electron chi connectivity index (χ4n) is 1.47. The van der Waals surface area contributed by atoms with Crippen LogP contribution in [0, 0.1) is 0 Å². The summed E-state index contributed by atoms with van der Waals surface area (Å²) in [7, 11) is -3.82.